The summed E-state index contributed by atoms with van der Waals surface area (Å²) in [6.07, 6.45) is 3.72. The number of halogens is 3. The molecule has 1 saturated carbocycles. The highest BCUT2D eigenvalue weighted by Gasteiger charge is 2.33. The number of alkyl halides is 3. The van der Waals surface area contributed by atoms with Gasteiger partial charge in [0.1, 0.15) is 0 Å². The highest BCUT2D eigenvalue weighted by molar-refractivity contribution is 5.49. The number of rotatable bonds is 3. The van der Waals surface area contributed by atoms with E-state index in [1.54, 1.807) is 6.07 Å². The zero-order chi connectivity index (χ0) is 18.9. The molecule has 0 unspecified atom stereocenters. The Labute approximate surface area is 160 Å². The summed E-state index contributed by atoms with van der Waals surface area (Å²) in [5.74, 6) is 0. The van der Waals surface area contributed by atoms with E-state index in [1.807, 2.05) is 0 Å². The summed E-state index contributed by atoms with van der Waals surface area (Å²) < 4.78 is 38.9. The van der Waals surface area contributed by atoms with Crippen molar-refractivity contribution >= 4 is 5.69 Å². The monoisotopic (exact) mass is 381 g/mol. The summed E-state index contributed by atoms with van der Waals surface area (Å²) in [6, 6.07) is 7.16. The normalized spacial score (nSPS) is 26.6. The second kappa shape index (κ2) is 8.00. The van der Waals surface area contributed by atoms with Crippen LogP contribution in [0.1, 0.15) is 44.1 Å². The SMILES string of the molecule is FC(F)(F)c1cccc(N2CCN([C@@H]3CCCN(C4CCCC4)C3)CC2)c1. The van der Waals surface area contributed by atoms with E-state index in [0.717, 1.165) is 38.3 Å². The van der Waals surface area contributed by atoms with Crippen molar-refractivity contribution < 1.29 is 13.2 Å². The van der Waals surface area contributed by atoms with Crippen molar-refractivity contribution in [2.24, 2.45) is 0 Å². The average Bonchev–Trinajstić information content (AvgIpc) is 3.23. The van der Waals surface area contributed by atoms with Crippen molar-refractivity contribution in [2.45, 2.75) is 56.8 Å². The molecule has 2 aliphatic heterocycles. The highest BCUT2D eigenvalue weighted by atomic mass is 19.4. The van der Waals surface area contributed by atoms with Crippen LogP contribution in [0.2, 0.25) is 0 Å². The Morgan fingerprint density at radius 2 is 1.48 bits per heavy atom. The Bertz CT molecular complexity index is 619. The first kappa shape index (κ1) is 19.1. The maximum atomic E-state index is 13.0. The molecule has 4 rings (SSSR count). The molecule has 0 N–H and O–H groups in total. The molecule has 3 nitrogen and oxygen atoms in total. The van der Waals surface area contributed by atoms with Crippen LogP contribution in [-0.2, 0) is 6.18 Å². The van der Waals surface area contributed by atoms with Gasteiger partial charge >= 0.3 is 6.18 Å². The zero-order valence-corrected chi connectivity index (χ0v) is 15.9. The van der Waals surface area contributed by atoms with E-state index in [9.17, 15) is 13.2 Å². The highest BCUT2D eigenvalue weighted by Crippen LogP contribution is 2.32. The molecule has 6 heteroatoms. The molecule has 2 heterocycles. The summed E-state index contributed by atoms with van der Waals surface area (Å²) in [4.78, 5) is 7.38. The number of benzene rings is 1. The Hall–Kier alpha value is -1.27. The van der Waals surface area contributed by atoms with E-state index in [0.29, 0.717) is 11.7 Å². The third-order valence-corrected chi connectivity index (χ3v) is 6.64. The average molecular weight is 381 g/mol. The molecule has 1 aliphatic carbocycles. The molecule has 150 valence electrons. The van der Waals surface area contributed by atoms with Crippen molar-refractivity contribution in [1.29, 1.82) is 0 Å². The van der Waals surface area contributed by atoms with Crippen molar-refractivity contribution in [3.05, 3.63) is 29.8 Å². The van der Waals surface area contributed by atoms with E-state index >= 15 is 0 Å². The second-order valence-electron chi connectivity index (χ2n) is 8.30. The molecule has 0 radical (unpaired) electrons. The van der Waals surface area contributed by atoms with Gasteiger partial charge in [0.15, 0.2) is 0 Å². The van der Waals surface area contributed by atoms with Gasteiger partial charge in [-0.25, -0.2) is 0 Å². The number of piperazine rings is 1. The van der Waals surface area contributed by atoms with E-state index in [2.05, 4.69) is 14.7 Å². The van der Waals surface area contributed by atoms with Gasteiger partial charge in [-0.05, 0) is 50.4 Å². The van der Waals surface area contributed by atoms with Gasteiger partial charge in [0.2, 0.25) is 0 Å². The van der Waals surface area contributed by atoms with Crippen LogP contribution in [0, 0.1) is 0 Å². The van der Waals surface area contributed by atoms with Gasteiger partial charge in [0, 0.05) is 50.5 Å². The predicted octanol–water partition coefficient (Wildman–Crippen LogP) is 4.23. The lowest BCUT2D eigenvalue weighted by molar-refractivity contribution is -0.137. The molecule has 1 atom stereocenters. The Morgan fingerprint density at radius 1 is 0.778 bits per heavy atom. The summed E-state index contributed by atoms with van der Waals surface area (Å²) in [5.41, 5.74) is 0.141. The fourth-order valence-electron chi connectivity index (χ4n) is 5.11. The maximum Gasteiger partial charge on any atom is 0.416 e. The lowest BCUT2D eigenvalue weighted by Gasteiger charge is -2.45. The van der Waals surface area contributed by atoms with Gasteiger partial charge in [-0.2, -0.15) is 13.2 Å². The minimum Gasteiger partial charge on any atom is -0.369 e. The van der Waals surface area contributed by atoms with Gasteiger partial charge in [0.05, 0.1) is 5.56 Å². The van der Waals surface area contributed by atoms with Crippen LogP contribution in [0.3, 0.4) is 0 Å². The number of hydrogen-bond donors (Lipinski definition) is 0. The molecule has 1 aromatic rings. The number of hydrogen-bond acceptors (Lipinski definition) is 3. The summed E-state index contributed by atoms with van der Waals surface area (Å²) in [5, 5.41) is 0. The van der Waals surface area contributed by atoms with Gasteiger partial charge in [-0.15, -0.1) is 0 Å². The van der Waals surface area contributed by atoms with Crippen LogP contribution in [0.25, 0.3) is 0 Å². The molecule has 27 heavy (non-hydrogen) atoms. The quantitative estimate of drug-likeness (QED) is 0.776. The van der Waals surface area contributed by atoms with Gasteiger partial charge < -0.3 is 4.90 Å². The third kappa shape index (κ3) is 4.43. The number of nitrogens with zero attached hydrogens (tertiary/aromatic N) is 3. The van der Waals surface area contributed by atoms with Crippen molar-refractivity contribution in [3.63, 3.8) is 0 Å². The fraction of sp³-hybridized carbons (Fsp3) is 0.714. The van der Waals surface area contributed by atoms with Crippen LogP contribution in [0.15, 0.2) is 24.3 Å². The van der Waals surface area contributed by atoms with Gasteiger partial charge in [0.25, 0.3) is 0 Å². The summed E-state index contributed by atoms with van der Waals surface area (Å²) in [7, 11) is 0. The summed E-state index contributed by atoms with van der Waals surface area (Å²) >= 11 is 0. The lowest BCUT2D eigenvalue weighted by atomic mass is 10.0. The zero-order valence-electron chi connectivity index (χ0n) is 15.9. The number of piperidine rings is 1. The van der Waals surface area contributed by atoms with E-state index < -0.39 is 11.7 Å². The first-order chi connectivity index (χ1) is 13.0. The minimum absolute atomic E-state index is 0.554. The van der Waals surface area contributed by atoms with Crippen LogP contribution in [-0.4, -0.2) is 61.2 Å². The molecule has 3 aliphatic rings. The first-order valence-electron chi connectivity index (χ1n) is 10.4. The molecular formula is C21H30F3N3. The van der Waals surface area contributed by atoms with Gasteiger partial charge in [-0.3, -0.25) is 9.80 Å². The van der Waals surface area contributed by atoms with E-state index in [1.165, 1.54) is 63.7 Å². The molecule has 2 saturated heterocycles. The standard InChI is InChI=1S/C21H30F3N3/c22-21(23,24)17-5-3-8-19(15-17)25-11-13-26(14-12-25)20-9-4-10-27(16-20)18-6-1-2-7-18/h3,5,8,15,18,20H,1-2,4,6-7,9-14,16H2/t20-/m1/s1. The Balaban J connectivity index is 1.33. The van der Waals surface area contributed by atoms with Crippen LogP contribution in [0.5, 0.6) is 0 Å². The van der Waals surface area contributed by atoms with Crippen LogP contribution in [0.4, 0.5) is 18.9 Å². The topological polar surface area (TPSA) is 9.72 Å². The fourth-order valence-corrected chi connectivity index (χ4v) is 5.11. The predicted molar refractivity (Wildman–Crippen MR) is 102 cm³/mol. The largest absolute Gasteiger partial charge is 0.416 e. The van der Waals surface area contributed by atoms with Crippen molar-refractivity contribution in [3.8, 4) is 0 Å². The molecule has 0 amide bonds. The van der Waals surface area contributed by atoms with Crippen LogP contribution < -0.4 is 4.90 Å². The Kier molecular flexibility index (Phi) is 5.65. The molecule has 0 spiro atoms. The number of anilines is 1. The summed E-state index contributed by atoms with van der Waals surface area (Å²) in [6.45, 7) is 5.92. The van der Waals surface area contributed by atoms with Crippen molar-refractivity contribution in [2.75, 3.05) is 44.2 Å². The minimum atomic E-state index is -4.27. The maximum absolute atomic E-state index is 13.0. The second-order valence-corrected chi connectivity index (χ2v) is 8.30. The molecular weight excluding hydrogens is 351 g/mol. The molecule has 0 aromatic heterocycles. The molecule has 1 aromatic carbocycles. The lowest BCUT2D eigenvalue weighted by Crippen LogP contribution is -2.56. The number of likely N-dealkylation sites (tertiary alicyclic amines) is 1. The third-order valence-electron chi connectivity index (χ3n) is 6.64. The van der Waals surface area contributed by atoms with E-state index in [-0.39, 0.29) is 0 Å². The van der Waals surface area contributed by atoms with E-state index in [4.69, 9.17) is 0 Å². The van der Waals surface area contributed by atoms with Crippen molar-refractivity contribution in [1.82, 2.24) is 9.80 Å². The van der Waals surface area contributed by atoms with Crippen LogP contribution >= 0.6 is 0 Å². The molecule has 0 bridgehead atoms. The molecule has 3 fully saturated rings. The smallest absolute Gasteiger partial charge is 0.369 e. The first-order valence-corrected chi connectivity index (χ1v) is 10.4. The van der Waals surface area contributed by atoms with Gasteiger partial charge in [-0.1, -0.05) is 18.9 Å². The Morgan fingerprint density at radius 3 is 2.19 bits per heavy atom.